The number of esters is 2. The van der Waals surface area contributed by atoms with E-state index in [1.54, 1.807) is 52.9 Å². The minimum Gasteiger partial charge on any atom is -0.467 e. The van der Waals surface area contributed by atoms with E-state index in [1.165, 1.54) is 7.11 Å². The second-order valence-corrected chi connectivity index (χ2v) is 12.1. The quantitative estimate of drug-likeness (QED) is 0.103. The summed E-state index contributed by atoms with van der Waals surface area (Å²) in [5.74, 6) is 0.838. The van der Waals surface area contributed by atoms with Gasteiger partial charge in [-0.25, -0.2) is 14.4 Å². The molecular formula is C39H40FeN8O7+2. The number of nitrogens with one attached hydrogen (secondary N) is 2. The van der Waals surface area contributed by atoms with Crippen LogP contribution >= 0.6 is 0 Å². The van der Waals surface area contributed by atoms with Crippen LogP contribution in [0.5, 0.6) is 0 Å². The molecule has 16 heteroatoms. The van der Waals surface area contributed by atoms with E-state index < -0.39 is 30.1 Å². The van der Waals surface area contributed by atoms with Crippen molar-refractivity contribution in [3.05, 3.63) is 159 Å². The zero-order chi connectivity index (χ0) is 38.1. The van der Waals surface area contributed by atoms with Crippen LogP contribution in [0.1, 0.15) is 34.2 Å². The summed E-state index contributed by atoms with van der Waals surface area (Å²) in [6.07, 6.45) is 18.8. The van der Waals surface area contributed by atoms with Gasteiger partial charge in [0.2, 0.25) is 0 Å². The fourth-order valence-corrected chi connectivity index (χ4v) is 5.08. The van der Waals surface area contributed by atoms with Crippen molar-refractivity contribution in [2.45, 2.75) is 51.7 Å². The maximum Gasteiger partial charge on any atom is 2.00 e. The maximum absolute atomic E-state index is 12.1. The van der Waals surface area contributed by atoms with Crippen LogP contribution in [0.3, 0.4) is 0 Å². The number of hydrogen-bond acceptors (Lipinski definition) is 11. The summed E-state index contributed by atoms with van der Waals surface area (Å²) in [4.78, 5) is 48.2. The van der Waals surface area contributed by atoms with Crippen LogP contribution < -0.4 is 10.6 Å². The Kier molecular flexibility index (Phi) is 17.3. The van der Waals surface area contributed by atoms with Gasteiger partial charge in [-0.05, 0) is 76.0 Å². The summed E-state index contributed by atoms with van der Waals surface area (Å²) < 4.78 is 18.5. The molecule has 15 nitrogen and oxygen atoms in total. The van der Waals surface area contributed by atoms with Gasteiger partial charge in [-0.15, -0.1) is 10.2 Å². The van der Waals surface area contributed by atoms with Gasteiger partial charge in [0.25, 0.3) is 5.91 Å². The Labute approximate surface area is 331 Å². The fourth-order valence-electron chi connectivity index (χ4n) is 5.08. The van der Waals surface area contributed by atoms with Crippen LogP contribution in [-0.4, -0.2) is 73.1 Å². The minimum absolute atomic E-state index is 0. The van der Waals surface area contributed by atoms with Gasteiger partial charge in [-0.2, -0.15) is 0 Å². The Hall–Kier alpha value is -5.08. The molecule has 0 bridgehead atoms. The molecular weight excluding hydrogens is 748 g/mol. The second kappa shape index (κ2) is 22.3. The molecule has 2 aromatic carbocycles. The van der Waals surface area contributed by atoms with Gasteiger partial charge in [-0.1, -0.05) is 59.0 Å². The molecule has 0 unspecified atom stereocenters. The van der Waals surface area contributed by atoms with Gasteiger partial charge in [0.05, 0.1) is 19.5 Å². The average Bonchev–Trinajstić information content (AvgIpc) is 4.04. The van der Waals surface area contributed by atoms with Crippen molar-refractivity contribution < 1.29 is 50.5 Å². The van der Waals surface area contributed by atoms with Crippen LogP contribution in [0.4, 0.5) is 4.79 Å². The van der Waals surface area contributed by atoms with Crippen LogP contribution in [0.15, 0.2) is 73.1 Å². The second-order valence-electron chi connectivity index (χ2n) is 12.1. The Balaban J connectivity index is 0.000000241. The largest absolute Gasteiger partial charge is 2.00 e. The van der Waals surface area contributed by atoms with Gasteiger partial charge in [0.1, 0.15) is 36.7 Å². The van der Waals surface area contributed by atoms with E-state index in [0.717, 1.165) is 17.4 Å². The van der Waals surface area contributed by atoms with Crippen LogP contribution in [0.25, 0.3) is 0 Å². The molecule has 6 rings (SSSR count). The first kappa shape index (κ1) is 42.7. The number of ether oxygens (including phenoxy) is 3. The predicted octanol–water partition coefficient (Wildman–Crippen LogP) is 3.24. The molecule has 0 saturated heterocycles. The van der Waals surface area contributed by atoms with Crippen molar-refractivity contribution in [1.29, 1.82) is 0 Å². The van der Waals surface area contributed by atoms with Gasteiger partial charge in [-0.3, -0.25) is 14.2 Å². The molecule has 2 aliphatic carbocycles. The monoisotopic (exact) mass is 788 g/mol. The third kappa shape index (κ3) is 14.3. The van der Waals surface area contributed by atoms with Crippen molar-refractivity contribution in [3.8, 4) is 0 Å². The number of nitrogens with zero attached hydrogens (tertiary/aromatic N) is 6. The van der Waals surface area contributed by atoms with Crippen molar-refractivity contribution in [2.75, 3.05) is 7.11 Å². The summed E-state index contributed by atoms with van der Waals surface area (Å²) in [7, 11) is 1.28. The van der Waals surface area contributed by atoms with E-state index in [0.29, 0.717) is 36.5 Å². The first-order chi connectivity index (χ1) is 26.2. The first-order valence-electron chi connectivity index (χ1n) is 17.0. The molecule has 10 radical (unpaired) electrons. The number of amides is 2. The molecule has 2 fully saturated rings. The molecule has 2 aliphatic rings. The number of methoxy groups -OCH3 is 1. The zero-order valence-corrected chi connectivity index (χ0v) is 31.2. The van der Waals surface area contributed by atoms with Crippen molar-refractivity contribution in [1.82, 2.24) is 40.6 Å². The SMILES string of the molecule is COC(=O)[C@H](Cc1ccccc1)NC(=O)OCc1cn(C[C]2[CH][CH][CH][CH]2)nn1.C[C@H](NC(=O)c1ccccc1)C(=O)OCc1cn(C[C]2[CH][CH][CH][CH]2)nn1.[Fe+2]. The molecule has 2 N–H and O–H groups in total. The first-order valence-corrected chi connectivity index (χ1v) is 17.0. The predicted molar refractivity (Wildman–Crippen MR) is 193 cm³/mol. The van der Waals surface area contributed by atoms with E-state index in [4.69, 9.17) is 14.2 Å². The smallest absolute Gasteiger partial charge is 0.467 e. The van der Waals surface area contributed by atoms with Crippen LogP contribution in [0.2, 0.25) is 0 Å². The van der Waals surface area contributed by atoms with Gasteiger partial charge >= 0.3 is 35.1 Å². The minimum atomic E-state index is -0.840. The molecule has 284 valence electrons. The van der Waals surface area contributed by atoms with Crippen molar-refractivity contribution in [2.24, 2.45) is 0 Å². The summed E-state index contributed by atoms with van der Waals surface area (Å²) in [5, 5.41) is 21.1. The number of benzene rings is 2. The molecule has 2 heterocycles. The molecule has 2 saturated carbocycles. The van der Waals surface area contributed by atoms with E-state index in [1.807, 2.05) is 87.8 Å². The van der Waals surface area contributed by atoms with E-state index >= 15 is 0 Å². The van der Waals surface area contributed by atoms with Gasteiger partial charge in [0.15, 0.2) is 0 Å². The third-order valence-corrected chi connectivity index (χ3v) is 7.84. The van der Waals surface area contributed by atoms with Crippen molar-refractivity contribution >= 4 is 23.9 Å². The van der Waals surface area contributed by atoms with E-state index in [9.17, 15) is 19.2 Å². The normalized spacial score (nSPS) is 15.1. The van der Waals surface area contributed by atoms with Crippen LogP contribution in [-0.2, 0) is 73.6 Å². The number of carbonyl (C=O) groups is 4. The number of alkyl carbamates (subject to hydrolysis) is 1. The summed E-state index contributed by atoms with van der Waals surface area (Å²) in [5.41, 5.74) is 2.45. The molecule has 2 aromatic heterocycles. The van der Waals surface area contributed by atoms with Crippen molar-refractivity contribution in [3.63, 3.8) is 0 Å². The molecule has 2 amide bonds. The maximum atomic E-state index is 12.1. The number of hydrogen-bond donors (Lipinski definition) is 2. The molecule has 0 spiro atoms. The van der Waals surface area contributed by atoms with Gasteiger partial charge < -0.3 is 24.8 Å². The number of aromatic nitrogens is 6. The topological polar surface area (TPSA) is 181 Å². The summed E-state index contributed by atoms with van der Waals surface area (Å²) >= 11 is 0. The summed E-state index contributed by atoms with van der Waals surface area (Å²) in [6, 6.07) is 16.4. The molecule has 55 heavy (non-hydrogen) atoms. The Bertz CT molecular complexity index is 1780. The Morgan fingerprint density at radius 1 is 0.691 bits per heavy atom. The van der Waals surface area contributed by atoms with Gasteiger partial charge in [0, 0.05) is 36.9 Å². The molecule has 4 aromatic rings. The molecule has 2 atom stereocenters. The van der Waals surface area contributed by atoms with Crippen LogP contribution in [0, 0.1) is 63.2 Å². The summed E-state index contributed by atoms with van der Waals surface area (Å²) in [6.45, 7) is 2.73. The number of carbonyl (C=O) groups excluding carboxylic acids is 4. The number of rotatable bonds is 15. The molecule has 0 aliphatic heterocycles. The van der Waals surface area contributed by atoms with E-state index in [2.05, 4.69) is 31.3 Å². The standard InChI is InChI=1S/C20H21N4O4.C19H19N4O3.Fe/c1-27-19(25)18(11-15-7-3-2-4-8-15)21-20(26)28-14-17-13-24(23-22-17)12-16-9-5-6-10-16;1-14(20-18(24)16-9-3-2-4-10-16)19(25)26-13-17-12-23(22-21-17)11-15-7-5-6-8-15;/h2-10,13,18H,11-12,14H2,1H3,(H,21,26);2-10,12,14H,11,13H2,1H3,(H,20,24);/q;;+2/t18-;14-;/m00./s1. The Morgan fingerprint density at radius 3 is 1.73 bits per heavy atom. The van der Waals surface area contributed by atoms with E-state index in [-0.39, 0.29) is 36.2 Å². The zero-order valence-electron chi connectivity index (χ0n) is 30.1. The third-order valence-electron chi connectivity index (χ3n) is 7.84. The fraction of sp³-hybridized carbons (Fsp3) is 0.231. The Morgan fingerprint density at radius 2 is 1.20 bits per heavy atom. The average molecular weight is 789 g/mol.